The van der Waals surface area contributed by atoms with Crippen LogP contribution in [0.15, 0.2) is 97.4 Å². The van der Waals surface area contributed by atoms with Crippen molar-refractivity contribution < 1.29 is 4.74 Å². The molecule has 0 amide bonds. The van der Waals surface area contributed by atoms with Gasteiger partial charge < -0.3 is 10.1 Å². The average Bonchev–Trinajstić information content (AvgIpc) is 3.31. The molecule has 0 atom stereocenters. The van der Waals surface area contributed by atoms with E-state index in [4.69, 9.17) is 4.74 Å². The van der Waals surface area contributed by atoms with Crippen LogP contribution in [0, 0.1) is 0 Å². The van der Waals surface area contributed by atoms with Crippen molar-refractivity contribution in [2.45, 2.75) is 32.2 Å². The van der Waals surface area contributed by atoms with E-state index in [1.807, 2.05) is 36.7 Å². The highest BCUT2D eigenvalue weighted by molar-refractivity contribution is 5.87. The fraction of sp³-hybridized carbons (Fsp3) is 0.257. The second-order valence-electron chi connectivity index (χ2n) is 10.3. The topological polar surface area (TPSA) is 24.5 Å². The molecule has 3 nitrogen and oxygen atoms in total. The SMILES string of the molecule is C1=C(c2ccc(CN3CCOCC3)cc2)CCc2c1ccc1c2CCc2ccccc2-1.C1=CC=CNC=C1. The van der Waals surface area contributed by atoms with Gasteiger partial charge in [0.15, 0.2) is 0 Å². The molecule has 0 saturated carbocycles. The second kappa shape index (κ2) is 11.8. The number of hydrogen-bond donors (Lipinski definition) is 1. The minimum Gasteiger partial charge on any atom is -0.379 e. The van der Waals surface area contributed by atoms with Crippen LogP contribution in [0.2, 0.25) is 0 Å². The van der Waals surface area contributed by atoms with Gasteiger partial charge in [0.2, 0.25) is 0 Å². The molecule has 1 fully saturated rings. The smallest absolute Gasteiger partial charge is 0.0594 e. The standard InChI is InChI=1S/C29H29NO.C6H7N/c1-2-4-26-23(3-1)9-13-29-27-12-10-24(19-25(27)11-14-28(26)29)22-7-5-21(6-8-22)20-30-15-17-31-18-16-30;1-2-4-6-7-5-3-1/h1-8,11,14,19H,9-10,12-13,15-18,20H2;1-7H. The van der Waals surface area contributed by atoms with Gasteiger partial charge in [-0.15, -0.1) is 0 Å². The van der Waals surface area contributed by atoms with Crippen LogP contribution in [-0.4, -0.2) is 31.2 Å². The van der Waals surface area contributed by atoms with Gasteiger partial charge in [-0.25, -0.2) is 0 Å². The lowest BCUT2D eigenvalue weighted by atomic mass is 9.78. The maximum atomic E-state index is 5.47. The normalized spacial score (nSPS) is 17.6. The van der Waals surface area contributed by atoms with Gasteiger partial charge in [0, 0.05) is 32.0 Å². The fourth-order valence-corrected chi connectivity index (χ4v) is 5.94. The van der Waals surface area contributed by atoms with Crippen LogP contribution in [0.4, 0.5) is 0 Å². The molecule has 0 radical (unpaired) electrons. The summed E-state index contributed by atoms with van der Waals surface area (Å²) >= 11 is 0. The van der Waals surface area contributed by atoms with E-state index >= 15 is 0 Å². The number of benzene rings is 3. The molecule has 1 N–H and O–H groups in total. The number of morpholine rings is 1. The van der Waals surface area contributed by atoms with Crippen molar-refractivity contribution in [3.05, 3.63) is 131 Å². The Morgan fingerprint density at radius 2 is 1.45 bits per heavy atom. The van der Waals surface area contributed by atoms with Crippen molar-refractivity contribution in [1.82, 2.24) is 10.2 Å². The van der Waals surface area contributed by atoms with Crippen LogP contribution in [0.1, 0.15) is 39.8 Å². The van der Waals surface area contributed by atoms with E-state index in [2.05, 4.69) is 77.0 Å². The molecule has 2 heterocycles. The molecule has 38 heavy (non-hydrogen) atoms. The Bertz CT molecular complexity index is 1370. The summed E-state index contributed by atoms with van der Waals surface area (Å²) in [5.74, 6) is 0. The van der Waals surface area contributed by atoms with Gasteiger partial charge in [-0.1, -0.05) is 78.9 Å². The second-order valence-corrected chi connectivity index (χ2v) is 10.3. The van der Waals surface area contributed by atoms with Crippen LogP contribution < -0.4 is 5.32 Å². The highest BCUT2D eigenvalue weighted by Crippen LogP contribution is 2.40. The molecule has 3 heteroatoms. The molecular weight excluding hydrogens is 464 g/mol. The summed E-state index contributed by atoms with van der Waals surface area (Å²) in [6.07, 6.45) is 18.6. The number of ether oxygens (including phenoxy) is 1. The number of hydrogen-bond acceptors (Lipinski definition) is 3. The number of nitrogens with one attached hydrogen (secondary N) is 1. The zero-order chi connectivity index (χ0) is 25.6. The zero-order valence-corrected chi connectivity index (χ0v) is 22.0. The van der Waals surface area contributed by atoms with E-state index in [1.54, 1.807) is 11.1 Å². The predicted octanol–water partition coefficient (Wildman–Crippen LogP) is 6.94. The van der Waals surface area contributed by atoms with Crippen molar-refractivity contribution >= 4 is 11.6 Å². The summed E-state index contributed by atoms with van der Waals surface area (Å²) in [4.78, 5) is 2.48. The fourth-order valence-electron chi connectivity index (χ4n) is 5.94. The van der Waals surface area contributed by atoms with E-state index in [1.165, 1.54) is 51.8 Å². The van der Waals surface area contributed by atoms with Crippen molar-refractivity contribution in [1.29, 1.82) is 0 Å². The molecule has 192 valence electrons. The predicted molar refractivity (Wildman–Crippen MR) is 159 cm³/mol. The van der Waals surface area contributed by atoms with Gasteiger partial charge in [0.05, 0.1) is 13.2 Å². The highest BCUT2D eigenvalue weighted by atomic mass is 16.5. The molecule has 3 aromatic carbocycles. The van der Waals surface area contributed by atoms with E-state index in [9.17, 15) is 0 Å². The first-order valence-electron chi connectivity index (χ1n) is 13.9. The lowest BCUT2D eigenvalue weighted by Crippen LogP contribution is -2.35. The van der Waals surface area contributed by atoms with Crippen LogP contribution in [0.25, 0.3) is 22.8 Å². The van der Waals surface area contributed by atoms with Gasteiger partial charge in [-0.3, -0.25) is 4.90 Å². The summed E-state index contributed by atoms with van der Waals surface area (Å²) in [5, 5.41) is 2.92. The summed E-state index contributed by atoms with van der Waals surface area (Å²) < 4.78 is 5.47. The van der Waals surface area contributed by atoms with Crippen LogP contribution in [0.5, 0.6) is 0 Å². The molecule has 2 aliphatic carbocycles. The molecule has 0 spiro atoms. The van der Waals surface area contributed by atoms with Gasteiger partial charge in [0.1, 0.15) is 0 Å². The summed E-state index contributed by atoms with van der Waals surface area (Å²) in [6, 6.07) is 22.9. The van der Waals surface area contributed by atoms with Crippen molar-refractivity contribution in [2.24, 2.45) is 0 Å². The maximum Gasteiger partial charge on any atom is 0.0594 e. The Balaban J connectivity index is 0.000000330. The third-order valence-electron chi connectivity index (χ3n) is 7.95. The quantitative estimate of drug-likeness (QED) is 0.421. The summed E-state index contributed by atoms with van der Waals surface area (Å²) in [5.41, 5.74) is 13.3. The Morgan fingerprint density at radius 1 is 0.684 bits per heavy atom. The van der Waals surface area contributed by atoms with E-state index < -0.39 is 0 Å². The van der Waals surface area contributed by atoms with Crippen LogP contribution >= 0.6 is 0 Å². The number of fused-ring (bicyclic) bond motifs is 5. The number of allylic oxidation sites excluding steroid dienone is 5. The molecule has 0 aromatic heterocycles. The first kappa shape index (κ1) is 24.7. The van der Waals surface area contributed by atoms with Crippen LogP contribution in [0.3, 0.4) is 0 Å². The largest absolute Gasteiger partial charge is 0.379 e. The van der Waals surface area contributed by atoms with Crippen molar-refractivity contribution in [2.75, 3.05) is 26.3 Å². The minimum absolute atomic E-state index is 0.861. The molecule has 7 rings (SSSR count). The monoisotopic (exact) mass is 500 g/mol. The minimum atomic E-state index is 0.861. The lowest BCUT2D eigenvalue weighted by molar-refractivity contribution is 0.0342. The Hall–Kier alpha value is -3.66. The lowest BCUT2D eigenvalue weighted by Gasteiger charge is -2.27. The third-order valence-corrected chi connectivity index (χ3v) is 7.95. The molecule has 2 aliphatic heterocycles. The van der Waals surface area contributed by atoms with Crippen molar-refractivity contribution in [3.8, 4) is 11.1 Å². The zero-order valence-electron chi connectivity index (χ0n) is 22.0. The molecule has 0 unspecified atom stereocenters. The van der Waals surface area contributed by atoms with Gasteiger partial charge >= 0.3 is 0 Å². The first-order valence-corrected chi connectivity index (χ1v) is 13.9. The molecule has 1 saturated heterocycles. The van der Waals surface area contributed by atoms with Crippen LogP contribution in [-0.2, 0) is 30.5 Å². The van der Waals surface area contributed by atoms with Gasteiger partial charge in [-0.2, -0.15) is 0 Å². The molecule has 4 aliphatic rings. The Morgan fingerprint density at radius 3 is 2.26 bits per heavy atom. The van der Waals surface area contributed by atoms with Gasteiger partial charge in [0.25, 0.3) is 0 Å². The molecular formula is C35H36N2O. The molecule has 3 aromatic rings. The Labute approximate surface area is 226 Å². The summed E-state index contributed by atoms with van der Waals surface area (Å²) in [7, 11) is 0. The highest BCUT2D eigenvalue weighted by Gasteiger charge is 2.22. The van der Waals surface area contributed by atoms with Gasteiger partial charge in [-0.05, 0) is 87.9 Å². The average molecular weight is 501 g/mol. The number of rotatable bonds is 3. The number of aryl methyl sites for hydroxylation is 1. The van der Waals surface area contributed by atoms with Crippen molar-refractivity contribution in [3.63, 3.8) is 0 Å². The maximum absolute atomic E-state index is 5.47. The van der Waals surface area contributed by atoms with E-state index in [-0.39, 0.29) is 0 Å². The molecule has 0 bridgehead atoms. The van der Waals surface area contributed by atoms with E-state index in [0.29, 0.717) is 0 Å². The Kier molecular flexibility index (Phi) is 7.66. The summed E-state index contributed by atoms with van der Waals surface area (Å²) in [6.45, 7) is 4.83. The first-order chi connectivity index (χ1) is 18.8. The van der Waals surface area contributed by atoms with E-state index in [0.717, 1.165) is 45.7 Å². The number of nitrogens with zero attached hydrogens (tertiary/aromatic N) is 1. The third kappa shape index (κ3) is 5.60.